The second-order valence-electron chi connectivity index (χ2n) is 4.39. The quantitative estimate of drug-likeness (QED) is 0.490. The van der Waals surface area contributed by atoms with Gasteiger partial charge in [-0.25, -0.2) is 4.98 Å². The van der Waals surface area contributed by atoms with Crippen molar-refractivity contribution in [2.75, 3.05) is 5.73 Å². The molecule has 98 valence electrons. The van der Waals surface area contributed by atoms with Gasteiger partial charge in [0.15, 0.2) is 11.4 Å². The molecule has 4 rings (SSSR count). The van der Waals surface area contributed by atoms with Gasteiger partial charge in [0.05, 0.1) is 4.70 Å². The average Bonchev–Trinajstić information content (AvgIpc) is 3.09. The Morgan fingerprint density at radius 3 is 3.00 bits per heavy atom. The molecule has 1 aromatic carbocycles. The van der Waals surface area contributed by atoms with Crippen molar-refractivity contribution >= 4 is 61.0 Å². The molecule has 0 radical (unpaired) electrons. The predicted octanol–water partition coefficient (Wildman–Crippen LogP) is 4.29. The zero-order valence-electron chi connectivity index (χ0n) is 10.1. The van der Waals surface area contributed by atoms with Gasteiger partial charge in [0.1, 0.15) is 5.76 Å². The Labute approximate surface area is 131 Å². The van der Waals surface area contributed by atoms with Crippen LogP contribution in [0, 0.1) is 3.57 Å². The van der Waals surface area contributed by atoms with Gasteiger partial charge in [0.25, 0.3) is 0 Å². The molecule has 0 aliphatic heterocycles. The van der Waals surface area contributed by atoms with Crippen LogP contribution in [0.5, 0.6) is 0 Å². The van der Waals surface area contributed by atoms with Crippen molar-refractivity contribution < 1.29 is 4.42 Å². The van der Waals surface area contributed by atoms with Crippen LogP contribution in [0.2, 0.25) is 0 Å². The number of benzene rings is 1. The average molecular weight is 393 g/mol. The summed E-state index contributed by atoms with van der Waals surface area (Å²) < 4.78 is 12.3. The monoisotopic (exact) mass is 393 g/mol. The second kappa shape index (κ2) is 4.42. The molecule has 0 aliphatic rings. The van der Waals surface area contributed by atoms with E-state index in [0.717, 1.165) is 30.4 Å². The molecule has 0 amide bonds. The SMILES string of the molecule is Nc1ncc(I)c2cc(-c3cccc4cnsc34)oc12. The molecule has 0 unspecified atom stereocenters. The fraction of sp³-hybridized carbons (Fsp3) is 0. The molecule has 0 bridgehead atoms. The van der Waals surface area contributed by atoms with E-state index in [1.54, 1.807) is 6.20 Å². The van der Waals surface area contributed by atoms with E-state index in [2.05, 4.69) is 31.9 Å². The molecule has 4 nitrogen and oxygen atoms in total. The van der Waals surface area contributed by atoms with Crippen molar-refractivity contribution in [2.24, 2.45) is 0 Å². The highest BCUT2D eigenvalue weighted by atomic mass is 127. The van der Waals surface area contributed by atoms with Crippen LogP contribution >= 0.6 is 34.1 Å². The highest BCUT2D eigenvalue weighted by molar-refractivity contribution is 14.1. The third-order valence-electron chi connectivity index (χ3n) is 3.19. The summed E-state index contributed by atoms with van der Waals surface area (Å²) in [6, 6.07) is 8.11. The van der Waals surface area contributed by atoms with E-state index in [9.17, 15) is 0 Å². The molecule has 0 fully saturated rings. The van der Waals surface area contributed by atoms with Crippen molar-refractivity contribution in [1.29, 1.82) is 0 Å². The largest absolute Gasteiger partial charge is 0.452 e. The van der Waals surface area contributed by atoms with Crippen molar-refractivity contribution in [1.82, 2.24) is 9.36 Å². The minimum atomic E-state index is 0.420. The Balaban J connectivity index is 2.06. The Morgan fingerprint density at radius 2 is 2.15 bits per heavy atom. The minimum Gasteiger partial charge on any atom is -0.452 e. The van der Waals surface area contributed by atoms with E-state index in [-0.39, 0.29) is 0 Å². The summed E-state index contributed by atoms with van der Waals surface area (Å²) >= 11 is 3.70. The van der Waals surface area contributed by atoms with Gasteiger partial charge >= 0.3 is 0 Å². The summed E-state index contributed by atoms with van der Waals surface area (Å²) in [5, 5.41) is 2.11. The van der Waals surface area contributed by atoms with Gasteiger partial charge in [-0.1, -0.05) is 12.1 Å². The molecule has 20 heavy (non-hydrogen) atoms. The van der Waals surface area contributed by atoms with E-state index in [4.69, 9.17) is 10.2 Å². The minimum absolute atomic E-state index is 0.420. The summed E-state index contributed by atoms with van der Waals surface area (Å²) in [6.07, 6.45) is 3.62. The lowest BCUT2D eigenvalue weighted by Gasteiger charge is -1.97. The number of hydrogen-bond donors (Lipinski definition) is 1. The summed E-state index contributed by atoms with van der Waals surface area (Å²) in [4.78, 5) is 4.13. The first-order chi connectivity index (χ1) is 9.74. The molecule has 0 aliphatic carbocycles. The third kappa shape index (κ3) is 1.71. The number of hydrogen-bond acceptors (Lipinski definition) is 5. The zero-order valence-corrected chi connectivity index (χ0v) is 13.1. The number of nitrogen functional groups attached to an aromatic ring is 1. The van der Waals surface area contributed by atoms with Gasteiger partial charge in [0, 0.05) is 32.3 Å². The van der Waals surface area contributed by atoms with Gasteiger partial charge in [-0.2, -0.15) is 4.37 Å². The third-order valence-corrected chi connectivity index (χ3v) is 4.89. The van der Waals surface area contributed by atoms with E-state index in [1.807, 2.05) is 30.5 Å². The van der Waals surface area contributed by atoms with Gasteiger partial charge in [-0.3, -0.25) is 0 Å². The highest BCUT2D eigenvalue weighted by Gasteiger charge is 2.14. The topological polar surface area (TPSA) is 64.9 Å². The lowest BCUT2D eigenvalue weighted by atomic mass is 10.1. The van der Waals surface area contributed by atoms with Crippen molar-refractivity contribution in [3.8, 4) is 11.3 Å². The van der Waals surface area contributed by atoms with Crippen LogP contribution in [-0.4, -0.2) is 9.36 Å². The Hall–Kier alpha value is -1.67. The molecule has 0 atom stereocenters. The summed E-state index contributed by atoms with van der Waals surface area (Å²) in [7, 11) is 0. The van der Waals surface area contributed by atoms with E-state index >= 15 is 0 Å². The number of halogens is 1. The van der Waals surface area contributed by atoms with Crippen LogP contribution in [0.1, 0.15) is 0 Å². The maximum absolute atomic E-state index is 5.93. The first kappa shape index (κ1) is 12.1. The molecule has 0 saturated carbocycles. The normalized spacial score (nSPS) is 11.4. The standard InChI is InChI=1S/C14H8IN3OS/c15-10-6-17-14(16)12-9(10)4-11(19-12)8-3-1-2-7-5-18-20-13(7)8/h1-6H,(H2,16,17). The fourth-order valence-corrected chi connectivity index (χ4v) is 3.54. The van der Waals surface area contributed by atoms with Crippen LogP contribution in [0.3, 0.4) is 0 Å². The van der Waals surface area contributed by atoms with E-state index < -0.39 is 0 Å². The molecule has 0 spiro atoms. The van der Waals surface area contributed by atoms with Gasteiger partial charge in [0.2, 0.25) is 0 Å². The lowest BCUT2D eigenvalue weighted by molar-refractivity contribution is 0.632. The number of nitrogens with two attached hydrogens (primary N) is 1. The molecule has 3 aromatic heterocycles. The van der Waals surface area contributed by atoms with Crippen LogP contribution < -0.4 is 5.73 Å². The maximum Gasteiger partial charge on any atom is 0.177 e. The molecule has 4 aromatic rings. The van der Waals surface area contributed by atoms with Gasteiger partial charge in [-0.05, 0) is 46.3 Å². The predicted molar refractivity (Wildman–Crippen MR) is 89.8 cm³/mol. The fourth-order valence-electron chi connectivity index (χ4n) is 2.23. The zero-order chi connectivity index (χ0) is 13.7. The van der Waals surface area contributed by atoms with Crippen LogP contribution in [0.25, 0.3) is 32.4 Å². The lowest BCUT2D eigenvalue weighted by Crippen LogP contribution is -1.90. The summed E-state index contributed by atoms with van der Waals surface area (Å²) in [5.41, 5.74) is 7.58. The first-order valence-corrected chi connectivity index (χ1v) is 7.76. The Kier molecular flexibility index (Phi) is 2.67. The van der Waals surface area contributed by atoms with Crippen molar-refractivity contribution in [3.63, 3.8) is 0 Å². The summed E-state index contributed by atoms with van der Waals surface area (Å²) in [6.45, 7) is 0. The Bertz CT molecular complexity index is 905. The molecular formula is C14H8IN3OS. The number of aromatic nitrogens is 2. The number of pyridine rings is 1. The number of anilines is 1. The summed E-state index contributed by atoms with van der Waals surface area (Å²) in [5.74, 6) is 1.22. The van der Waals surface area contributed by atoms with Crippen LogP contribution in [0.15, 0.2) is 41.1 Å². The molecule has 0 saturated heterocycles. The number of nitrogens with zero attached hydrogens (tertiary/aromatic N) is 2. The second-order valence-corrected chi connectivity index (χ2v) is 6.36. The van der Waals surface area contributed by atoms with Crippen molar-refractivity contribution in [2.45, 2.75) is 0 Å². The van der Waals surface area contributed by atoms with E-state index in [0.29, 0.717) is 11.4 Å². The van der Waals surface area contributed by atoms with Gasteiger partial charge < -0.3 is 10.2 Å². The van der Waals surface area contributed by atoms with Gasteiger partial charge in [-0.15, -0.1) is 0 Å². The van der Waals surface area contributed by atoms with Crippen LogP contribution in [0.4, 0.5) is 5.82 Å². The molecular weight excluding hydrogens is 385 g/mol. The van der Waals surface area contributed by atoms with E-state index in [1.165, 1.54) is 11.5 Å². The molecule has 2 N–H and O–H groups in total. The number of furan rings is 1. The smallest absolute Gasteiger partial charge is 0.177 e. The molecule has 3 heterocycles. The Morgan fingerprint density at radius 1 is 1.25 bits per heavy atom. The molecule has 6 heteroatoms. The maximum atomic E-state index is 5.93. The highest BCUT2D eigenvalue weighted by Crippen LogP contribution is 2.36. The first-order valence-electron chi connectivity index (χ1n) is 5.91. The van der Waals surface area contributed by atoms with Crippen molar-refractivity contribution in [3.05, 3.63) is 40.2 Å². The number of rotatable bonds is 1. The number of fused-ring (bicyclic) bond motifs is 2. The van der Waals surface area contributed by atoms with Crippen LogP contribution in [-0.2, 0) is 0 Å².